The fourth-order valence-corrected chi connectivity index (χ4v) is 2.25. The average molecular weight is 250 g/mol. The maximum atomic E-state index is 8.81. The molecule has 1 fully saturated rings. The first-order valence-electron chi connectivity index (χ1n) is 5.95. The molecule has 6 nitrogen and oxygen atoms in total. The largest absolute Gasteiger partial charge is 0.409 e. The molecule has 2 heterocycles. The third kappa shape index (κ3) is 2.53. The van der Waals surface area contributed by atoms with Crippen LogP contribution < -0.4 is 10.6 Å². The molecule has 18 heavy (non-hydrogen) atoms. The van der Waals surface area contributed by atoms with Crippen molar-refractivity contribution < 1.29 is 9.94 Å². The van der Waals surface area contributed by atoms with Crippen LogP contribution in [0.4, 0.5) is 5.82 Å². The molecular weight excluding hydrogens is 232 g/mol. The molecule has 2 unspecified atom stereocenters. The lowest BCUT2D eigenvalue weighted by atomic mass is 10.1. The molecule has 0 saturated carbocycles. The Morgan fingerprint density at radius 3 is 2.78 bits per heavy atom. The van der Waals surface area contributed by atoms with E-state index in [0.717, 1.165) is 18.9 Å². The van der Waals surface area contributed by atoms with E-state index in [2.05, 4.69) is 15.0 Å². The van der Waals surface area contributed by atoms with E-state index in [0.29, 0.717) is 5.56 Å². The lowest BCUT2D eigenvalue weighted by Crippen LogP contribution is -2.46. The lowest BCUT2D eigenvalue weighted by molar-refractivity contribution is -0.00546. The highest BCUT2D eigenvalue weighted by Gasteiger charge is 2.25. The summed E-state index contributed by atoms with van der Waals surface area (Å²) in [7, 11) is 0. The summed E-state index contributed by atoms with van der Waals surface area (Å²) in [6, 6.07) is 3.56. The van der Waals surface area contributed by atoms with Gasteiger partial charge < -0.3 is 20.6 Å². The third-order valence-electron chi connectivity index (χ3n) is 2.89. The number of hydrogen-bond donors (Lipinski definition) is 2. The van der Waals surface area contributed by atoms with Crippen LogP contribution in [0.5, 0.6) is 0 Å². The van der Waals surface area contributed by atoms with E-state index < -0.39 is 0 Å². The second-order valence-corrected chi connectivity index (χ2v) is 4.52. The molecule has 1 aliphatic rings. The number of aromatic nitrogens is 1. The first-order chi connectivity index (χ1) is 8.61. The zero-order valence-corrected chi connectivity index (χ0v) is 10.6. The Morgan fingerprint density at radius 2 is 2.17 bits per heavy atom. The fraction of sp³-hybridized carbons (Fsp3) is 0.500. The molecule has 0 aliphatic carbocycles. The highest BCUT2D eigenvalue weighted by atomic mass is 16.5. The van der Waals surface area contributed by atoms with E-state index in [1.165, 1.54) is 0 Å². The Hall–Kier alpha value is -1.82. The smallest absolute Gasteiger partial charge is 0.173 e. The highest BCUT2D eigenvalue weighted by molar-refractivity contribution is 6.01. The van der Waals surface area contributed by atoms with Gasteiger partial charge >= 0.3 is 0 Å². The molecule has 0 radical (unpaired) electrons. The molecule has 0 aromatic carbocycles. The van der Waals surface area contributed by atoms with E-state index in [-0.39, 0.29) is 18.0 Å². The number of anilines is 1. The van der Waals surface area contributed by atoms with Gasteiger partial charge in [-0.05, 0) is 26.0 Å². The van der Waals surface area contributed by atoms with Gasteiger partial charge in [-0.2, -0.15) is 0 Å². The molecule has 2 rings (SSSR count). The lowest BCUT2D eigenvalue weighted by Gasteiger charge is -2.36. The monoisotopic (exact) mass is 250 g/mol. The standard InChI is InChI=1S/C12H18N4O2/c1-8-6-16(7-9(2)18-8)12-10(11(13)15-17)4-3-5-14-12/h3-5,8-9,17H,6-7H2,1-2H3,(H2,13,15). The second kappa shape index (κ2) is 5.22. The van der Waals surface area contributed by atoms with Crippen LogP contribution in [-0.2, 0) is 4.74 Å². The third-order valence-corrected chi connectivity index (χ3v) is 2.89. The Kier molecular flexibility index (Phi) is 3.66. The maximum Gasteiger partial charge on any atom is 0.173 e. The van der Waals surface area contributed by atoms with Gasteiger partial charge in [0.1, 0.15) is 5.82 Å². The highest BCUT2D eigenvalue weighted by Crippen LogP contribution is 2.21. The van der Waals surface area contributed by atoms with Gasteiger partial charge in [-0.3, -0.25) is 0 Å². The minimum absolute atomic E-state index is 0.0740. The summed E-state index contributed by atoms with van der Waals surface area (Å²) in [5.41, 5.74) is 6.31. The van der Waals surface area contributed by atoms with Gasteiger partial charge in [-0.15, -0.1) is 0 Å². The van der Waals surface area contributed by atoms with E-state index in [4.69, 9.17) is 15.7 Å². The molecule has 1 aromatic rings. The van der Waals surface area contributed by atoms with Crippen LogP contribution in [0.2, 0.25) is 0 Å². The SMILES string of the molecule is CC1CN(c2ncccc2/C(N)=N/O)CC(C)O1. The van der Waals surface area contributed by atoms with Crippen LogP contribution in [0.15, 0.2) is 23.5 Å². The van der Waals surface area contributed by atoms with Crippen LogP contribution in [0.25, 0.3) is 0 Å². The predicted molar refractivity (Wildman–Crippen MR) is 69.0 cm³/mol. The van der Waals surface area contributed by atoms with E-state index >= 15 is 0 Å². The number of oxime groups is 1. The number of morpholine rings is 1. The summed E-state index contributed by atoms with van der Waals surface area (Å²) in [5.74, 6) is 0.805. The fourth-order valence-electron chi connectivity index (χ4n) is 2.25. The summed E-state index contributed by atoms with van der Waals surface area (Å²) in [4.78, 5) is 6.44. The van der Waals surface area contributed by atoms with Gasteiger partial charge in [0, 0.05) is 19.3 Å². The molecular formula is C12H18N4O2. The average Bonchev–Trinajstić information content (AvgIpc) is 2.36. The van der Waals surface area contributed by atoms with Gasteiger partial charge in [-0.25, -0.2) is 4.98 Å². The first kappa shape index (κ1) is 12.6. The molecule has 1 saturated heterocycles. The second-order valence-electron chi connectivity index (χ2n) is 4.52. The molecule has 0 bridgehead atoms. The summed E-state index contributed by atoms with van der Waals surface area (Å²) in [6.45, 7) is 5.53. The topological polar surface area (TPSA) is 84.0 Å². The maximum absolute atomic E-state index is 8.81. The molecule has 6 heteroatoms. The van der Waals surface area contributed by atoms with Crippen molar-refractivity contribution in [1.29, 1.82) is 0 Å². The molecule has 3 N–H and O–H groups in total. The van der Waals surface area contributed by atoms with Crippen LogP contribution >= 0.6 is 0 Å². The molecule has 0 amide bonds. The number of nitrogens with zero attached hydrogens (tertiary/aromatic N) is 3. The molecule has 2 atom stereocenters. The van der Waals surface area contributed by atoms with Crippen molar-refractivity contribution in [2.45, 2.75) is 26.1 Å². The summed E-state index contributed by atoms with van der Waals surface area (Å²) < 4.78 is 5.68. The Balaban J connectivity index is 2.32. The molecule has 98 valence electrons. The van der Waals surface area contributed by atoms with Gasteiger partial charge in [0.15, 0.2) is 5.84 Å². The number of ether oxygens (including phenoxy) is 1. The summed E-state index contributed by atoms with van der Waals surface area (Å²) in [6.07, 6.45) is 1.97. The predicted octanol–water partition coefficient (Wildman–Crippen LogP) is 0.790. The number of hydrogen-bond acceptors (Lipinski definition) is 5. The zero-order valence-electron chi connectivity index (χ0n) is 10.6. The molecule has 1 aliphatic heterocycles. The van der Waals surface area contributed by atoms with Gasteiger partial charge in [0.05, 0.1) is 17.8 Å². The Labute approximate surface area is 106 Å². The van der Waals surface area contributed by atoms with E-state index in [1.54, 1.807) is 18.3 Å². The van der Waals surface area contributed by atoms with Crippen molar-refractivity contribution in [3.8, 4) is 0 Å². The van der Waals surface area contributed by atoms with Crippen LogP contribution in [-0.4, -0.2) is 41.3 Å². The Bertz CT molecular complexity index is 439. The first-order valence-corrected chi connectivity index (χ1v) is 5.95. The minimum Gasteiger partial charge on any atom is -0.409 e. The zero-order chi connectivity index (χ0) is 13.1. The van der Waals surface area contributed by atoms with Crippen molar-refractivity contribution in [2.75, 3.05) is 18.0 Å². The minimum atomic E-state index is 0.0740. The van der Waals surface area contributed by atoms with Crippen LogP contribution in [0.1, 0.15) is 19.4 Å². The normalized spacial score (nSPS) is 25.2. The number of amidine groups is 1. The number of pyridine rings is 1. The van der Waals surface area contributed by atoms with Gasteiger partial charge in [0.2, 0.25) is 0 Å². The molecule has 1 aromatic heterocycles. The van der Waals surface area contributed by atoms with Crippen molar-refractivity contribution in [2.24, 2.45) is 10.9 Å². The number of rotatable bonds is 2. The van der Waals surface area contributed by atoms with Crippen molar-refractivity contribution in [1.82, 2.24) is 4.98 Å². The molecule has 0 spiro atoms. The van der Waals surface area contributed by atoms with Crippen LogP contribution in [0.3, 0.4) is 0 Å². The van der Waals surface area contributed by atoms with E-state index in [9.17, 15) is 0 Å². The van der Waals surface area contributed by atoms with Crippen molar-refractivity contribution in [3.63, 3.8) is 0 Å². The summed E-state index contributed by atoms with van der Waals surface area (Å²) in [5, 5.41) is 11.9. The summed E-state index contributed by atoms with van der Waals surface area (Å²) >= 11 is 0. The van der Waals surface area contributed by atoms with Gasteiger partial charge in [-0.1, -0.05) is 5.16 Å². The Morgan fingerprint density at radius 1 is 1.50 bits per heavy atom. The number of nitrogens with two attached hydrogens (primary N) is 1. The van der Waals surface area contributed by atoms with E-state index in [1.807, 2.05) is 13.8 Å². The van der Waals surface area contributed by atoms with Crippen molar-refractivity contribution >= 4 is 11.7 Å². The van der Waals surface area contributed by atoms with Crippen molar-refractivity contribution in [3.05, 3.63) is 23.9 Å². The van der Waals surface area contributed by atoms with Crippen LogP contribution in [0, 0.1) is 0 Å². The quantitative estimate of drug-likeness (QED) is 0.351. The van der Waals surface area contributed by atoms with Gasteiger partial charge in [0.25, 0.3) is 0 Å².